The van der Waals surface area contributed by atoms with E-state index in [9.17, 15) is 4.79 Å². The Kier molecular flexibility index (Phi) is 3.73. The fraction of sp³-hybridized carbons (Fsp3) is 0.727. The van der Waals surface area contributed by atoms with Crippen molar-refractivity contribution in [3.8, 4) is 0 Å². The molecule has 0 bridgehead atoms. The maximum absolute atomic E-state index is 10.8. The van der Waals surface area contributed by atoms with Gasteiger partial charge in [-0.3, -0.25) is 9.69 Å². The second-order valence-electron chi connectivity index (χ2n) is 4.45. The lowest BCUT2D eigenvalue weighted by Crippen LogP contribution is -2.31. The molecule has 1 N–H and O–H groups in total. The van der Waals surface area contributed by atoms with Crippen LogP contribution in [-0.2, 0) is 17.8 Å². The van der Waals surface area contributed by atoms with Gasteiger partial charge in [0.1, 0.15) is 0 Å². The highest BCUT2D eigenvalue weighted by Gasteiger charge is 2.26. The number of hydrogen-bond donors (Lipinski definition) is 1. The summed E-state index contributed by atoms with van der Waals surface area (Å²) in [5.74, 6) is 0.925. The molecule has 0 spiro atoms. The first-order valence-electron chi connectivity index (χ1n) is 5.92. The summed E-state index contributed by atoms with van der Waals surface area (Å²) in [6, 6.07) is 0. The topological polar surface area (TPSA) is 79.5 Å². The molecular weight excluding hydrogens is 222 g/mol. The molecule has 0 unspecified atom stereocenters. The largest absolute Gasteiger partial charge is 0.480 e. The number of hydrogen-bond acceptors (Lipinski definition) is 5. The van der Waals surface area contributed by atoms with Crippen molar-refractivity contribution < 1.29 is 14.3 Å². The lowest BCUT2D eigenvalue weighted by atomic mass is 10.3. The van der Waals surface area contributed by atoms with Crippen LogP contribution < -0.4 is 0 Å². The fourth-order valence-corrected chi connectivity index (χ4v) is 1.73. The van der Waals surface area contributed by atoms with Crippen molar-refractivity contribution in [1.29, 1.82) is 0 Å². The molecule has 6 heteroatoms. The molecular formula is C11H17N3O3. The number of aliphatic carboxylic acids is 1. The number of carboxylic acid groups (broad SMARTS) is 1. The summed E-state index contributed by atoms with van der Waals surface area (Å²) in [4.78, 5) is 12.6. The molecule has 2 rings (SSSR count). The monoisotopic (exact) mass is 239 g/mol. The van der Waals surface area contributed by atoms with Gasteiger partial charge in [-0.1, -0.05) is 6.92 Å². The van der Waals surface area contributed by atoms with Gasteiger partial charge in [0.15, 0.2) is 0 Å². The fourth-order valence-electron chi connectivity index (χ4n) is 1.73. The smallest absolute Gasteiger partial charge is 0.317 e. The molecule has 1 aromatic heterocycles. The first-order valence-corrected chi connectivity index (χ1v) is 5.92. The second-order valence-corrected chi connectivity index (χ2v) is 4.45. The Morgan fingerprint density at radius 2 is 2.18 bits per heavy atom. The average Bonchev–Trinajstić information content (AvgIpc) is 2.95. The molecule has 94 valence electrons. The van der Waals surface area contributed by atoms with Crippen LogP contribution in [0.1, 0.15) is 31.5 Å². The summed E-state index contributed by atoms with van der Waals surface area (Å²) < 4.78 is 5.39. The minimum atomic E-state index is -0.819. The number of aromatic nitrogens is 2. The van der Waals surface area contributed by atoms with Gasteiger partial charge >= 0.3 is 5.97 Å². The van der Waals surface area contributed by atoms with E-state index < -0.39 is 5.97 Å². The zero-order chi connectivity index (χ0) is 12.3. The standard InChI is InChI=1S/C11H17N3O3/c1-2-9-12-13-10(17-9)6-14(7-11(15)16)5-8-3-4-8/h8H,2-7H2,1H3,(H,15,16). The molecule has 0 radical (unpaired) electrons. The van der Waals surface area contributed by atoms with Crippen molar-refractivity contribution in [3.05, 3.63) is 11.8 Å². The van der Waals surface area contributed by atoms with E-state index >= 15 is 0 Å². The van der Waals surface area contributed by atoms with E-state index in [2.05, 4.69) is 10.2 Å². The van der Waals surface area contributed by atoms with Gasteiger partial charge in [-0.05, 0) is 18.8 Å². The molecule has 0 aliphatic heterocycles. The molecule has 0 saturated heterocycles. The number of carbonyl (C=O) groups is 1. The van der Waals surface area contributed by atoms with E-state index in [1.807, 2.05) is 11.8 Å². The zero-order valence-corrected chi connectivity index (χ0v) is 9.93. The summed E-state index contributed by atoms with van der Waals surface area (Å²) in [6.45, 7) is 3.20. The normalized spacial score (nSPS) is 15.4. The van der Waals surface area contributed by atoms with Gasteiger partial charge in [-0.25, -0.2) is 0 Å². The van der Waals surface area contributed by atoms with E-state index in [4.69, 9.17) is 9.52 Å². The number of carboxylic acids is 1. The van der Waals surface area contributed by atoms with Gasteiger partial charge in [-0.15, -0.1) is 10.2 Å². The summed E-state index contributed by atoms with van der Waals surface area (Å²) >= 11 is 0. The third-order valence-corrected chi connectivity index (χ3v) is 2.74. The van der Waals surface area contributed by atoms with E-state index in [-0.39, 0.29) is 6.54 Å². The predicted octanol–water partition coefficient (Wildman–Crippen LogP) is 0.929. The molecule has 0 atom stereocenters. The molecule has 0 aromatic carbocycles. The van der Waals surface area contributed by atoms with Gasteiger partial charge in [0.2, 0.25) is 11.8 Å². The highest BCUT2D eigenvalue weighted by atomic mass is 16.4. The minimum absolute atomic E-state index is 0.0281. The highest BCUT2D eigenvalue weighted by Crippen LogP contribution is 2.30. The van der Waals surface area contributed by atoms with E-state index in [1.54, 1.807) is 0 Å². The van der Waals surface area contributed by atoms with E-state index in [0.717, 1.165) is 6.54 Å². The third kappa shape index (κ3) is 3.81. The molecule has 1 aliphatic carbocycles. The van der Waals surface area contributed by atoms with Gasteiger partial charge in [0, 0.05) is 13.0 Å². The molecule has 0 amide bonds. The van der Waals surface area contributed by atoms with Crippen molar-refractivity contribution >= 4 is 5.97 Å². The minimum Gasteiger partial charge on any atom is -0.480 e. The Hall–Kier alpha value is -1.43. The van der Waals surface area contributed by atoms with Gasteiger partial charge in [-0.2, -0.15) is 0 Å². The van der Waals surface area contributed by atoms with Gasteiger partial charge in [0.05, 0.1) is 13.1 Å². The maximum atomic E-state index is 10.8. The SMILES string of the molecule is CCc1nnc(CN(CC(=O)O)CC2CC2)o1. The quantitative estimate of drug-likeness (QED) is 0.762. The van der Waals surface area contributed by atoms with Crippen molar-refractivity contribution in [2.45, 2.75) is 32.7 Å². The Morgan fingerprint density at radius 1 is 1.47 bits per heavy atom. The lowest BCUT2D eigenvalue weighted by Gasteiger charge is -2.17. The molecule has 1 heterocycles. The second kappa shape index (κ2) is 5.27. The summed E-state index contributed by atoms with van der Waals surface area (Å²) in [5, 5.41) is 16.6. The van der Waals surface area contributed by atoms with Crippen LogP contribution in [0.3, 0.4) is 0 Å². The molecule has 1 fully saturated rings. The van der Waals surface area contributed by atoms with E-state index in [1.165, 1.54) is 12.8 Å². The average molecular weight is 239 g/mol. The van der Waals surface area contributed by atoms with Crippen LogP contribution in [0, 0.1) is 5.92 Å². The Bertz CT molecular complexity index is 387. The van der Waals surface area contributed by atoms with Crippen LogP contribution in [0.4, 0.5) is 0 Å². The predicted molar refractivity (Wildman–Crippen MR) is 59.3 cm³/mol. The summed E-state index contributed by atoms with van der Waals surface area (Å²) in [6.07, 6.45) is 3.09. The van der Waals surface area contributed by atoms with Crippen LogP contribution >= 0.6 is 0 Å². The Balaban J connectivity index is 1.92. The van der Waals surface area contributed by atoms with Gasteiger partial charge in [0.25, 0.3) is 0 Å². The third-order valence-electron chi connectivity index (χ3n) is 2.74. The molecule has 6 nitrogen and oxygen atoms in total. The molecule has 1 aliphatic rings. The van der Waals surface area contributed by atoms with E-state index in [0.29, 0.717) is 30.7 Å². The first kappa shape index (κ1) is 12.0. The molecule has 1 aromatic rings. The number of rotatable bonds is 7. The Morgan fingerprint density at radius 3 is 2.71 bits per heavy atom. The van der Waals surface area contributed by atoms with Crippen molar-refractivity contribution in [1.82, 2.24) is 15.1 Å². The Labute approximate surface area is 99.6 Å². The highest BCUT2D eigenvalue weighted by molar-refractivity contribution is 5.69. The van der Waals surface area contributed by atoms with Crippen molar-refractivity contribution in [2.75, 3.05) is 13.1 Å². The van der Waals surface area contributed by atoms with Crippen LogP contribution in [0.5, 0.6) is 0 Å². The number of nitrogens with zero attached hydrogens (tertiary/aromatic N) is 3. The summed E-state index contributed by atoms with van der Waals surface area (Å²) in [7, 11) is 0. The van der Waals surface area contributed by atoms with Gasteiger partial charge < -0.3 is 9.52 Å². The van der Waals surface area contributed by atoms with Crippen molar-refractivity contribution in [3.63, 3.8) is 0 Å². The first-order chi connectivity index (χ1) is 8.17. The number of aryl methyl sites for hydroxylation is 1. The van der Waals surface area contributed by atoms with Crippen LogP contribution in [0.15, 0.2) is 4.42 Å². The van der Waals surface area contributed by atoms with Crippen LogP contribution in [-0.4, -0.2) is 39.3 Å². The lowest BCUT2D eigenvalue weighted by molar-refractivity contribution is -0.138. The molecule has 1 saturated carbocycles. The zero-order valence-electron chi connectivity index (χ0n) is 9.93. The van der Waals surface area contributed by atoms with Crippen LogP contribution in [0.2, 0.25) is 0 Å². The maximum Gasteiger partial charge on any atom is 0.317 e. The van der Waals surface area contributed by atoms with Crippen molar-refractivity contribution in [2.24, 2.45) is 5.92 Å². The molecule has 17 heavy (non-hydrogen) atoms. The van der Waals surface area contributed by atoms with Crippen LogP contribution in [0.25, 0.3) is 0 Å². The summed E-state index contributed by atoms with van der Waals surface area (Å²) in [5.41, 5.74) is 0.